The first-order valence-electron chi connectivity index (χ1n) is 5.35. The van der Waals surface area contributed by atoms with Crippen LogP contribution in [0.1, 0.15) is 19.5 Å². The van der Waals surface area contributed by atoms with Crippen LogP contribution in [0.15, 0.2) is 12.4 Å². The second-order valence-electron chi connectivity index (χ2n) is 4.03. The molecule has 0 N–H and O–H groups in total. The number of anilines is 1. The molecule has 1 aliphatic rings. The second-order valence-corrected chi connectivity index (χ2v) is 5.51. The van der Waals surface area contributed by atoms with Crippen molar-refractivity contribution in [3.63, 3.8) is 0 Å². The minimum absolute atomic E-state index is 0.554. The van der Waals surface area contributed by atoms with E-state index >= 15 is 0 Å². The molecule has 1 fully saturated rings. The van der Waals surface area contributed by atoms with Gasteiger partial charge in [-0.3, -0.25) is 0 Å². The average Bonchev–Trinajstić information content (AvgIpc) is 2.22. The van der Waals surface area contributed by atoms with Crippen LogP contribution < -0.4 is 4.90 Å². The predicted octanol–water partition coefficient (Wildman–Crippen LogP) is 2.12. The van der Waals surface area contributed by atoms with Crippen LogP contribution in [-0.4, -0.2) is 33.6 Å². The Morgan fingerprint density at radius 1 is 1.40 bits per heavy atom. The molecular formula is C11H17N3S. The van der Waals surface area contributed by atoms with Gasteiger partial charge in [0.1, 0.15) is 12.1 Å². The van der Waals surface area contributed by atoms with E-state index in [4.69, 9.17) is 0 Å². The maximum absolute atomic E-state index is 4.35. The molecule has 2 unspecified atom stereocenters. The molecule has 1 aliphatic heterocycles. The minimum atomic E-state index is 0.554. The number of aromatic nitrogens is 2. The highest BCUT2D eigenvalue weighted by molar-refractivity contribution is 8.00. The number of hydrogen-bond donors (Lipinski definition) is 0. The van der Waals surface area contributed by atoms with Crippen LogP contribution in [0.2, 0.25) is 0 Å². The van der Waals surface area contributed by atoms with Gasteiger partial charge in [0.2, 0.25) is 0 Å². The fraction of sp³-hybridized carbons (Fsp3) is 0.636. The van der Waals surface area contributed by atoms with Crippen LogP contribution in [0.3, 0.4) is 0 Å². The van der Waals surface area contributed by atoms with Crippen LogP contribution >= 0.6 is 11.8 Å². The van der Waals surface area contributed by atoms with Crippen molar-refractivity contribution in [1.82, 2.24) is 9.97 Å². The Hall–Kier alpha value is -0.770. The third-order valence-electron chi connectivity index (χ3n) is 2.97. The summed E-state index contributed by atoms with van der Waals surface area (Å²) >= 11 is 2.04. The summed E-state index contributed by atoms with van der Waals surface area (Å²) < 4.78 is 0. The van der Waals surface area contributed by atoms with Crippen molar-refractivity contribution in [2.45, 2.75) is 32.1 Å². The summed E-state index contributed by atoms with van der Waals surface area (Å²) in [5.74, 6) is 2.26. The summed E-state index contributed by atoms with van der Waals surface area (Å²) in [6.07, 6.45) is 1.66. The van der Waals surface area contributed by atoms with E-state index in [1.165, 1.54) is 5.75 Å². The largest absolute Gasteiger partial charge is 0.352 e. The molecule has 4 heteroatoms. The molecule has 0 amide bonds. The third-order valence-corrected chi connectivity index (χ3v) is 4.31. The van der Waals surface area contributed by atoms with Crippen LogP contribution in [0, 0.1) is 6.92 Å². The Bertz CT molecular complexity index is 342. The van der Waals surface area contributed by atoms with Gasteiger partial charge in [0, 0.05) is 35.3 Å². The summed E-state index contributed by atoms with van der Waals surface area (Å²) in [6, 6.07) is 2.62. The van der Waals surface area contributed by atoms with Crippen LogP contribution in [0.25, 0.3) is 0 Å². The number of rotatable bonds is 1. The van der Waals surface area contributed by atoms with Crippen molar-refractivity contribution >= 4 is 17.6 Å². The van der Waals surface area contributed by atoms with Gasteiger partial charge in [-0.1, -0.05) is 6.92 Å². The molecule has 0 aromatic carbocycles. The van der Waals surface area contributed by atoms with E-state index in [2.05, 4.69) is 34.8 Å². The molecule has 0 aliphatic carbocycles. The molecule has 82 valence electrons. The highest BCUT2D eigenvalue weighted by atomic mass is 32.2. The van der Waals surface area contributed by atoms with Gasteiger partial charge < -0.3 is 4.90 Å². The number of hydrogen-bond acceptors (Lipinski definition) is 4. The molecule has 2 atom stereocenters. The maximum Gasteiger partial charge on any atom is 0.132 e. The molecule has 2 heterocycles. The standard InChI is InChI=1S/C11H17N3S/c1-8-6-11(13-7-12-8)14-4-5-15-10(3)9(14)2/h6-7,9-10H,4-5H2,1-3H3. The number of thioether (sulfide) groups is 1. The van der Waals surface area contributed by atoms with Gasteiger partial charge in [0.25, 0.3) is 0 Å². The zero-order valence-corrected chi connectivity index (χ0v) is 10.3. The fourth-order valence-electron chi connectivity index (χ4n) is 1.85. The van der Waals surface area contributed by atoms with Gasteiger partial charge in [-0.2, -0.15) is 11.8 Å². The smallest absolute Gasteiger partial charge is 0.132 e. The molecule has 15 heavy (non-hydrogen) atoms. The first-order valence-corrected chi connectivity index (χ1v) is 6.40. The predicted molar refractivity (Wildman–Crippen MR) is 65.5 cm³/mol. The first-order chi connectivity index (χ1) is 7.18. The molecule has 0 bridgehead atoms. The van der Waals surface area contributed by atoms with E-state index in [-0.39, 0.29) is 0 Å². The van der Waals surface area contributed by atoms with E-state index in [9.17, 15) is 0 Å². The number of aryl methyl sites for hydroxylation is 1. The minimum Gasteiger partial charge on any atom is -0.352 e. The van der Waals surface area contributed by atoms with E-state index in [1.54, 1.807) is 6.33 Å². The normalized spacial score (nSPS) is 26.7. The summed E-state index contributed by atoms with van der Waals surface area (Å²) in [6.45, 7) is 7.66. The lowest BCUT2D eigenvalue weighted by Gasteiger charge is -2.38. The SMILES string of the molecule is Cc1cc(N2CCSC(C)C2C)ncn1. The van der Waals surface area contributed by atoms with Crippen molar-refractivity contribution in [3.05, 3.63) is 18.1 Å². The van der Waals surface area contributed by atoms with Crippen molar-refractivity contribution < 1.29 is 0 Å². The monoisotopic (exact) mass is 223 g/mol. The van der Waals surface area contributed by atoms with E-state index in [0.29, 0.717) is 11.3 Å². The Labute approximate surface area is 95.3 Å². The fourth-order valence-corrected chi connectivity index (χ4v) is 2.95. The summed E-state index contributed by atoms with van der Waals surface area (Å²) in [4.78, 5) is 10.9. The summed E-state index contributed by atoms with van der Waals surface area (Å²) in [7, 11) is 0. The second kappa shape index (κ2) is 4.39. The topological polar surface area (TPSA) is 29.0 Å². The highest BCUT2D eigenvalue weighted by Crippen LogP contribution is 2.27. The van der Waals surface area contributed by atoms with Gasteiger partial charge in [-0.05, 0) is 13.8 Å². The molecule has 0 saturated carbocycles. The van der Waals surface area contributed by atoms with Crippen LogP contribution in [0.4, 0.5) is 5.82 Å². The first kappa shape index (κ1) is 10.7. The van der Waals surface area contributed by atoms with E-state index in [0.717, 1.165) is 18.1 Å². The molecular weight excluding hydrogens is 206 g/mol. The lowest BCUT2D eigenvalue weighted by molar-refractivity contribution is 0.619. The lowest BCUT2D eigenvalue weighted by atomic mass is 10.2. The van der Waals surface area contributed by atoms with Gasteiger partial charge in [-0.25, -0.2) is 9.97 Å². The Balaban J connectivity index is 2.22. The Morgan fingerprint density at radius 2 is 2.20 bits per heavy atom. The quantitative estimate of drug-likeness (QED) is 0.729. The zero-order chi connectivity index (χ0) is 10.8. The zero-order valence-electron chi connectivity index (χ0n) is 9.47. The van der Waals surface area contributed by atoms with Crippen molar-refractivity contribution in [2.75, 3.05) is 17.2 Å². The van der Waals surface area contributed by atoms with E-state index in [1.807, 2.05) is 18.7 Å². The number of nitrogens with zero attached hydrogens (tertiary/aromatic N) is 3. The van der Waals surface area contributed by atoms with Crippen LogP contribution in [0.5, 0.6) is 0 Å². The highest BCUT2D eigenvalue weighted by Gasteiger charge is 2.25. The third kappa shape index (κ3) is 2.25. The molecule has 3 nitrogen and oxygen atoms in total. The van der Waals surface area contributed by atoms with Gasteiger partial charge in [-0.15, -0.1) is 0 Å². The Morgan fingerprint density at radius 3 is 2.93 bits per heavy atom. The van der Waals surface area contributed by atoms with Gasteiger partial charge in [0.15, 0.2) is 0 Å². The molecule has 1 aromatic heterocycles. The summed E-state index contributed by atoms with van der Waals surface area (Å²) in [5.41, 5.74) is 1.04. The van der Waals surface area contributed by atoms with Gasteiger partial charge >= 0.3 is 0 Å². The summed E-state index contributed by atoms with van der Waals surface area (Å²) in [5, 5.41) is 0.675. The average molecular weight is 223 g/mol. The molecule has 2 rings (SSSR count). The van der Waals surface area contributed by atoms with E-state index < -0.39 is 0 Å². The molecule has 1 aromatic rings. The molecule has 0 spiro atoms. The maximum atomic E-state index is 4.35. The molecule has 1 saturated heterocycles. The Kier molecular flexibility index (Phi) is 3.14. The van der Waals surface area contributed by atoms with Crippen molar-refractivity contribution in [2.24, 2.45) is 0 Å². The lowest BCUT2D eigenvalue weighted by Crippen LogP contribution is -2.45. The van der Waals surface area contributed by atoms with Crippen molar-refractivity contribution in [3.8, 4) is 0 Å². The molecule has 0 radical (unpaired) electrons. The van der Waals surface area contributed by atoms with Crippen molar-refractivity contribution in [1.29, 1.82) is 0 Å². The van der Waals surface area contributed by atoms with Gasteiger partial charge in [0.05, 0.1) is 0 Å². The van der Waals surface area contributed by atoms with Crippen LogP contribution in [-0.2, 0) is 0 Å².